The van der Waals surface area contributed by atoms with Gasteiger partial charge in [0.2, 0.25) is 0 Å². The minimum Gasteiger partial charge on any atom is -0.494 e. The van der Waals surface area contributed by atoms with Crippen molar-refractivity contribution >= 4 is 0 Å². The van der Waals surface area contributed by atoms with Crippen molar-refractivity contribution in [3.63, 3.8) is 0 Å². The molecule has 134 valence electrons. The molecule has 2 saturated heterocycles. The highest BCUT2D eigenvalue weighted by molar-refractivity contribution is 5.38. The minimum absolute atomic E-state index is 0.340. The Labute approximate surface area is 146 Å². The van der Waals surface area contributed by atoms with Crippen molar-refractivity contribution in [2.24, 2.45) is 0 Å². The highest BCUT2D eigenvalue weighted by atomic mass is 16.5. The van der Waals surface area contributed by atoms with E-state index in [4.69, 9.17) is 9.47 Å². The van der Waals surface area contributed by atoms with Crippen molar-refractivity contribution in [2.45, 2.75) is 58.2 Å². The van der Waals surface area contributed by atoms with Gasteiger partial charge in [-0.05, 0) is 63.9 Å². The Balaban J connectivity index is 1.70. The Morgan fingerprint density at radius 2 is 2.12 bits per heavy atom. The molecule has 0 saturated carbocycles. The van der Waals surface area contributed by atoms with Gasteiger partial charge in [-0.2, -0.15) is 0 Å². The lowest BCUT2D eigenvalue weighted by molar-refractivity contribution is 0.188. The molecule has 3 rings (SSSR count). The maximum Gasteiger partial charge on any atom is 0.123 e. The van der Waals surface area contributed by atoms with E-state index in [9.17, 15) is 0 Å². The molecule has 4 nitrogen and oxygen atoms in total. The summed E-state index contributed by atoms with van der Waals surface area (Å²) in [6.45, 7) is 10.2. The largest absolute Gasteiger partial charge is 0.494 e. The van der Waals surface area contributed by atoms with E-state index in [1.165, 1.54) is 43.5 Å². The topological polar surface area (TPSA) is 33.7 Å². The average molecular weight is 332 g/mol. The van der Waals surface area contributed by atoms with Crippen molar-refractivity contribution in [1.29, 1.82) is 0 Å². The van der Waals surface area contributed by atoms with Crippen LogP contribution in [0.25, 0.3) is 0 Å². The lowest BCUT2D eigenvalue weighted by atomic mass is 10.0. The van der Waals surface area contributed by atoms with Crippen molar-refractivity contribution in [1.82, 2.24) is 10.2 Å². The summed E-state index contributed by atoms with van der Waals surface area (Å²) in [5, 5.41) is 3.70. The number of likely N-dealkylation sites (tertiary alicyclic amines) is 1. The van der Waals surface area contributed by atoms with Gasteiger partial charge in [0, 0.05) is 30.8 Å². The lowest BCUT2D eigenvalue weighted by Gasteiger charge is -2.28. The molecule has 2 heterocycles. The molecule has 2 aliphatic rings. The molecular weight excluding hydrogens is 300 g/mol. The van der Waals surface area contributed by atoms with Crippen LogP contribution >= 0.6 is 0 Å². The minimum atomic E-state index is 0.340. The molecule has 2 fully saturated rings. The van der Waals surface area contributed by atoms with Crippen LogP contribution in [0.1, 0.15) is 56.7 Å². The molecule has 1 unspecified atom stereocenters. The summed E-state index contributed by atoms with van der Waals surface area (Å²) >= 11 is 0. The third-order valence-electron chi connectivity index (χ3n) is 5.14. The lowest BCUT2D eigenvalue weighted by Crippen LogP contribution is -2.32. The quantitative estimate of drug-likeness (QED) is 0.828. The summed E-state index contributed by atoms with van der Waals surface area (Å²) in [6, 6.07) is 7.52. The number of nitrogens with zero attached hydrogens (tertiary/aromatic N) is 1. The molecule has 1 aromatic carbocycles. The molecule has 2 aliphatic heterocycles. The molecule has 4 heteroatoms. The normalized spacial score (nSPS) is 23.3. The number of hydrogen-bond donors (Lipinski definition) is 1. The summed E-state index contributed by atoms with van der Waals surface area (Å²) in [6.07, 6.45) is 5.13. The number of nitrogens with one attached hydrogen (secondary N) is 1. The monoisotopic (exact) mass is 332 g/mol. The Morgan fingerprint density at radius 1 is 1.29 bits per heavy atom. The number of benzene rings is 1. The van der Waals surface area contributed by atoms with Crippen LogP contribution in [0.5, 0.6) is 5.75 Å². The maximum absolute atomic E-state index is 5.88. The molecule has 0 amide bonds. The first kappa shape index (κ1) is 17.7. The molecule has 0 aromatic heterocycles. The van der Waals surface area contributed by atoms with E-state index < -0.39 is 0 Å². The Kier molecular flexibility index (Phi) is 6.52. The molecule has 0 radical (unpaired) electrons. The molecule has 0 spiro atoms. The standard InChI is InChI=1S/C20H32N2O2/c1-3-24-20-8-7-17(16(2)21-19-9-12-23-15-19)13-18(20)14-22-10-5-4-6-11-22/h7-8,13,16,19,21H,3-6,9-12,14-15H2,1-2H3/t16?,19-/m1/s1. The first-order chi connectivity index (χ1) is 11.8. The van der Waals surface area contributed by atoms with E-state index in [0.29, 0.717) is 12.1 Å². The van der Waals surface area contributed by atoms with E-state index in [-0.39, 0.29) is 0 Å². The molecule has 1 aromatic rings. The van der Waals surface area contributed by atoms with Crippen molar-refractivity contribution in [3.05, 3.63) is 29.3 Å². The fraction of sp³-hybridized carbons (Fsp3) is 0.700. The average Bonchev–Trinajstić information content (AvgIpc) is 3.10. The van der Waals surface area contributed by atoms with Crippen LogP contribution in [-0.2, 0) is 11.3 Å². The van der Waals surface area contributed by atoms with Crippen LogP contribution in [0.2, 0.25) is 0 Å². The summed E-state index contributed by atoms with van der Waals surface area (Å²) in [4.78, 5) is 2.56. The van der Waals surface area contributed by atoms with Crippen molar-refractivity contribution in [2.75, 3.05) is 32.9 Å². The third kappa shape index (κ3) is 4.71. The SMILES string of the molecule is CCOc1ccc(C(C)N[C@@H]2CCOC2)cc1CN1CCCCC1. The van der Waals surface area contributed by atoms with Gasteiger partial charge in [0.1, 0.15) is 5.75 Å². The fourth-order valence-electron chi connectivity index (χ4n) is 3.76. The Hall–Kier alpha value is -1.10. The van der Waals surface area contributed by atoms with E-state index in [0.717, 1.165) is 38.5 Å². The highest BCUT2D eigenvalue weighted by Crippen LogP contribution is 2.27. The van der Waals surface area contributed by atoms with Gasteiger partial charge in [0.15, 0.2) is 0 Å². The smallest absolute Gasteiger partial charge is 0.123 e. The molecule has 2 atom stereocenters. The predicted molar refractivity (Wildman–Crippen MR) is 97.5 cm³/mol. The van der Waals surface area contributed by atoms with Gasteiger partial charge in [-0.3, -0.25) is 4.90 Å². The van der Waals surface area contributed by atoms with Crippen molar-refractivity contribution in [3.8, 4) is 5.75 Å². The van der Waals surface area contributed by atoms with Crippen LogP contribution in [0.4, 0.5) is 0 Å². The number of hydrogen-bond acceptors (Lipinski definition) is 4. The van der Waals surface area contributed by atoms with Gasteiger partial charge in [-0.1, -0.05) is 12.5 Å². The molecule has 1 N–H and O–H groups in total. The van der Waals surface area contributed by atoms with Gasteiger partial charge in [-0.15, -0.1) is 0 Å². The molecule has 24 heavy (non-hydrogen) atoms. The number of ether oxygens (including phenoxy) is 2. The summed E-state index contributed by atoms with van der Waals surface area (Å²) in [5.41, 5.74) is 2.67. The van der Waals surface area contributed by atoms with Gasteiger partial charge < -0.3 is 14.8 Å². The van der Waals surface area contributed by atoms with E-state index in [2.05, 4.69) is 42.3 Å². The predicted octanol–water partition coefficient (Wildman–Crippen LogP) is 3.51. The van der Waals surface area contributed by atoms with Crippen LogP contribution < -0.4 is 10.1 Å². The van der Waals surface area contributed by atoms with Gasteiger partial charge in [0.05, 0.1) is 13.2 Å². The first-order valence-electron chi connectivity index (χ1n) is 9.58. The van der Waals surface area contributed by atoms with Gasteiger partial charge in [0.25, 0.3) is 0 Å². The second-order valence-corrected chi connectivity index (χ2v) is 7.09. The number of piperidine rings is 1. The molecular formula is C20H32N2O2. The Bertz CT molecular complexity index is 508. The maximum atomic E-state index is 5.88. The van der Waals surface area contributed by atoms with Crippen molar-refractivity contribution < 1.29 is 9.47 Å². The van der Waals surface area contributed by atoms with Crippen LogP contribution in [0.3, 0.4) is 0 Å². The zero-order valence-corrected chi connectivity index (χ0v) is 15.2. The molecule has 0 aliphatic carbocycles. The second-order valence-electron chi connectivity index (χ2n) is 7.09. The Morgan fingerprint density at radius 3 is 2.83 bits per heavy atom. The second kappa shape index (κ2) is 8.84. The first-order valence-corrected chi connectivity index (χ1v) is 9.58. The van der Waals surface area contributed by atoms with E-state index >= 15 is 0 Å². The fourth-order valence-corrected chi connectivity index (χ4v) is 3.76. The van der Waals surface area contributed by atoms with Crippen LogP contribution in [0, 0.1) is 0 Å². The third-order valence-corrected chi connectivity index (χ3v) is 5.14. The zero-order valence-electron chi connectivity index (χ0n) is 15.2. The van der Waals surface area contributed by atoms with E-state index in [1.807, 2.05) is 0 Å². The zero-order chi connectivity index (χ0) is 16.8. The van der Waals surface area contributed by atoms with Crippen LogP contribution in [-0.4, -0.2) is 43.9 Å². The molecule has 0 bridgehead atoms. The van der Waals surface area contributed by atoms with Gasteiger partial charge in [-0.25, -0.2) is 0 Å². The van der Waals surface area contributed by atoms with E-state index in [1.54, 1.807) is 0 Å². The van der Waals surface area contributed by atoms with Gasteiger partial charge >= 0.3 is 0 Å². The van der Waals surface area contributed by atoms with Crippen LogP contribution in [0.15, 0.2) is 18.2 Å². The number of rotatable bonds is 7. The summed E-state index contributed by atoms with van der Waals surface area (Å²) in [5.74, 6) is 1.04. The summed E-state index contributed by atoms with van der Waals surface area (Å²) < 4.78 is 11.4. The summed E-state index contributed by atoms with van der Waals surface area (Å²) in [7, 11) is 0. The highest BCUT2D eigenvalue weighted by Gasteiger charge is 2.20.